The molecule has 10 unspecified atom stereocenters. The monoisotopic (exact) mass is 636 g/mol. The van der Waals surface area contributed by atoms with Crippen molar-refractivity contribution in [3.8, 4) is 0 Å². The third-order valence-electron chi connectivity index (χ3n) is 7.78. The van der Waals surface area contributed by atoms with Gasteiger partial charge in [-0.05, 0) is 5.56 Å². The lowest BCUT2D eigenvalue weighted by molar-refractivity contribution is -0.337. The van der Waals surface area contributed by atoms with Crippen LogP contribution in [0.2, 0.25) is 0 Å². The molecule has 15 atom stereocenters. The molecule has 0 spiro atoms. The SMILES string of the molecule is COC1C(O)[C@H](OCC2OC(C(=O)OCc3ccccc3)C(O)C(O)[C@H]2O)OC(CO[C@@H]2OC(CO)[C@H](O)C(O)C2O)[C@@H]1O. The van der Waals surface area contributed by atoms with Crippen molar-refractivity contribution in [1.29, 1.82) is 0 Å². The minimum atomic E-state index is -1.82. The summed E-state index contributed by atoms with van der Waals surface area (Å²) >= 11 is 0. The Morgan fingerprint density at radius 2 is 1.23 bits per heavy atom. The molecule has 0 saturated carbocycles. The molecule has 4 rings (SSSR count). The standard InChI is InChI=1S/C27H40O17/c1-38-23-17(31)14(10-40-26-21(35)19(33)15(29)12(7-28)43-26)44-27(22(23)36)41-9-13-16(30)18(32)20(34)24(42-13)25(37)39-8-11-5-3-2-4-6-11/h2-6,12-24,26-36H,7-10H2,1H3/t12?,13?,14?,15-,16-,17-,18?,19?,20?,21?,22?,23?,24?,26+,27+/m0/s1. The molecule has 3 saturated heterocycles. The van der Waals surface area contributed by atoms with Crippen molar-refractivity contribution in [3.05, 3.63) is 35.9 Å². The number of methoxy groups -OCH3 is 1. The predicted molar refractivity (Wildman–Crippen MR) is 140 cm³/mol. The summed E-state index contributed by atoms with van der Waals surface area (Å²) in [5.41, 5.74) is 0.662. The van der Waals surface area contributed by atoms with Crippen LogP contribution in [0.1, 0.15) is 5.56 Å². The van der Waals surface area contributed by atoms with Crippen molar-refractivity contribution in [1.82, 2.24) is 0 Å². The van der Waals surface area contributed by atoms with Crippen LogP contribution in [-0.4, -0.2) is 171 Å². The third kappa shape index (κ3) is 7.72. The maximum Gasteiger partial charge on any atom is 0.338 e. The van der Waals surface area contributed by atoms with Crippen LogP contribution >= 0.6 is 0 Å². The zero-order chi connectivity index (χ0) is 32.1. The van der Waals surface area contributed by atoms with Gasteiger partial charge >= 0.3 is 5.97 Å². The second-order valence-corrected chi connectivity index (χ2v) is 10.7. The van der Waals surface area contributed by atoms with E-state index in [0.717, 1.165) is 0 Å². The first-order chi connectivity index (χ1) is 21.0. The van der Waals surface area contributed by atoms with Gasteiger partial charge in [0.2, 0.25) is 0 Å². The van der Waals surface area contributed by atoms with Gasteiger partial charge in [-0.15, -0.1) is 0 Å². The molecule has 3 fully saturated rings. The smallest absolute Gasteiger partial charge is 0.338 e. The van der Waals surface area contributed by atoms with E-state index in [1.165, 1.54) is 7.11 Å². The Labute approximate surface area is 251 Å². The zero-order valence-corrected chi connectivity index (χ0v) is 23.7. The van der Waals surface area contributed by atoms with E-state index in [-0.39, 0.29) is 6.61 Å². The normalized spacial score (nSPS) is 43.0. The molecular formula is C27H40O17. The summed E-state index contributed by atoms with van der Waals surface area (Å²) in [5, 5.41) is 92.1. The van der Waals surface area contributed by atoms with Crippen molar-refractivity contribution < 1.29 is 83.9 Å². The number of ether oxygens (including phenoxy) is 7. The number of esters is 1. The fourth-order valence-electron chi connectivity index (χ4n) is 5.13. The maximum absolute atomic E-state index is 12.7. The molecule has 0 aliphatic carbocycles. The van der Waals surface area contributed by atoms with Gasteiger partial charge < -0.3 is 79.1 Å². The molecule has 0 aromatic heterocycles. The molecule has 250 valence electrons. The Balaban J connectivity index is 1.37. The Kier molecular flexibility index (Phi) is 12.4. The second-order valence-electron chi connectivity index (χ2n) is 10.7. The van der Waals surface area contributed by atoms with Crippen molar-refractivity contribution in [2.75, 3.05) is 26.9 Å². The summed E-state index contributed by atoms with van der Waals surface area (Å²) in [4.78, 5) is 12.7. The lowest BCUT2D eigenvalue weighted by atomic mass is 9.95. The highest BCUT2D eigenvalue weighted by molar-refractivity contribution is 5.75. The van der Waals surface area contributed by atoms with Crippen LogP contribution in [-0.2, 0) is 44.6 Å². The van der Waals surface area contributed by atoms with Crippen LogP contribution in [0, 0.1) is 0 Å². The average molecular weight is 637 g/mol. The summed E-state index contributed by atoms with van der Waals surface area (Å²) in [6.45, 7) is -1.92. The predicted octanol–water partition coefficient (Wildman–Crippen LogP) is -5.13. The quantitative estimate of drug-likeness (QED) is 0.103. The minimum Gasteiger partial charge on any atom is -0.459 e. The van der Waals surface area contributed by atoms with Crippen LogP contribution in [0.4, 0.5) is 0 Å². The molecule has 9 N–H and O–H groups in total. The maximum atomic E-state index is 12.7. The number of carbonyl (C=O) groups is 1. The molecule has 1 aromatic rings. The van der Waals surface area contributed by atoms with E-state index in [9.17, 15) is 50.8 Å². The van der Waals surface area contributed by atoms with Gasteiger partial charge in [0.15, 0.2) is 18.7 Å². The van der Waals surface area contributed by atoms with Gasteiger partial charge in [0.25, 0.3) is 0 Å². The van der Waals surface area contributed by atoms with Crippen molar-refractivity contribution in [3.63, 3.8) is 0 Å². The van der Waals surface area contributed by atoms with Gasteiger partial charge in [-0.1, -0.05) is 30.3 Å². The van der Waals surface area contributed by atoms with E-state index in [0.29, 0.717) is 5.56 Å². The second kappa shape index (κ2) is 15.6. The molecule has 0 radical (unpaired) electrons. The molecule has 44 heavy (non-hydrogen) atoms. The average Bonchev–Trinajstić information content (AvgIpc) is 3.03. The Morgan fingerprint density at radius 3 is 1.84 bits per heavy atom. The van der Waals surface area contributed by atoms with Crippen molar-refractivity contribution in [2.45, 2.75) is 98.5 Å². The minimum absolute atomic E-state index is 0.137. The molecule has 3 aliphatic heterocycles. The summed E-state index contributed by atoms with van der Waals surface area (Å²) in [6, 6.07) is 8.68. The van der Waals surface area contributed by atoms with Crippen molar-refractivity contribution >= 4 is 5.97 Å². The Hall–Kier alpha value is -1.91. The number of aliphatic hydroxyl groups is 9. The first-order valence-corrected chi connectivity index (χ1v) is 14.0. The lowest BCUT2D eigenvalue weighted by Crippen LogP contribution is -2.63. The molecule has 3 aliphatic rings. The van der Waals surface area contributed by atoms with Gasteiger partial charge in [-0.2, -0.15) is 0 Å². The van der Waals surface area contributed by atoms with Gasteiger partial charge in [0, 0.05) is 7.11 Å². The molecule has 0 bridgehead atoms. The van der Waals surface area contributed by atoms with Gasteiger partial charge in [-0.3, -0.25) is 0 Å². The first kappa shape index (κ1) is 35.0. The van der Waals surface area contributed by atoms with Crippen LogP contribution in [0.3, 0.4) is 0 Å². The fourth-order valence-corrected chi connectivity index (χ4v) is 5.13. The van der Waals surface area contributed by atoms with Crippen LogP contribution < -0.4 is 0 Å². The number of rotatable bonds is 11. The summed E-state index contributed by atoms with van der Waals surface area (Å²) in [6.07, 6.45) is -23.5. The molecular weight excluding hydrogens is 596 g/mol. The van der Waals surface area contributed by atoms with E-state index in [4.69, 9.17) is 33.2 Å². The Bertz CT molecular complexity index is 1030. The molecule has 17 heteroatoms. The fraction of sp³-hybridized carbons (Fsp3) is 0.741. The van der Waals surface area contributed by atoms with E-state index < -0.39 is 118 Å². The summed E-state index contributed by atoms with van der Waals surface area (Å²) < 4.78 is 37.9. The topological polar surface area (TPSA) is 264 Å². The number of hydrogen-bond acceptors (Lipinski definition) is 17. The number of aliphatic hydroxyl groups excluding tert-OH is 9. The van der Waals surface area contributed by atoms with E-state index in [1.807, 2.05) is 0 Å². The van der Waals surface area contributed by atoms with E-state index >= 15 is 0 Å². The largest absolute Gasteiger partial charge is 0.459 e. The van der Waals surface area contributed by atoms with E-state index in [2.05, 4.69) is 0 Å². The number of hydrogen-bond donors (Lipinski definition) is 9. The molecule has 0 amide bonds. The van der Waals surface area contributed by atoms with Gasteiger partial charge in [0.1, 0.15) is 79.9 Å². The highest BCUT2D eigenvalue weighted by atomic mass is 16.7. The van der Waals surface area contributed by atoms with Crippen LogP contribution in [0.5, 0.6) is 0 Å². The molecule has 1 aromatic carbocycles. The summed E-state index contributed by atoms with van der Waals surface area (Å²) in [7, 11) is 1.20. The number of carbonyl (C=O) groups excluding carboxylic acids is 1. The Morgan fingerprint density at radius 1 is 0.682 bits per heavy atom. The molecule has 17 nitrogen and oxygen atoms in total. The lowest BCUT2D eigenvalue weighted by Gasteiger charge is -2.44. The first-order valence-electron chi connectivity index (χ1n) is 14.0. The van der Waals surface area contributed by atoms with Crippen LogP contribution in [0.15, 0.2) is 30.3 Å². The van der Waals surface area contributed by atoms with Crippen LogP contribution in [0.25, 0.3) is 0 Å². The van der Waals surface area contributed by atoms with Gasteiger partial charge in [-0.25, -0.2) is 4.79 Å². The van der Waals surface area contributed by atoms with Crippen molar-refractivity contribution in [2.24, 2.45) is 0 Å². The summed E-state index contributed by atoms with van der Waals surface area (Å²) in [5.74, 6) is -1.00. The zero-order valence-electron chi connectivity index (χ0n) is 23.7. The highest BCUT2D eigenvalue weighted by Crippen LogP contribution is 2.29. The van der Waals surface area contributed by atoms with E-state index in [1.54, 1.807) is 30.3 Å². The molecule has 3 heterocycles. The third-order valence-corrected chi connectivity index (χ3v) is 7.78. The van der Waals surface area contributed by atoms with Gasteiger partial charge in [0.05, 0.1) is 19.8 Å². The highest BCUT2D eigenvalue weighted by Gasteiger charge is 2.50. The number of benzene rings is 1.